The van der Waals surface area contributed by atoms with E-state index in [4.69, 9.17) is 5.10 Å². The smallest absolute Gasteiger partial charge is 0.272 e. The van der Waals surface area contributed by atoms with Gasteiger partial charge in [-0.25, -0.2) is 0 Å². The summed E-state index contributed by atoms with van der Waals surface area (Å²) >= 11 is 0. The van der Waals surface area contributed by atoms with Crippen LogP contribution in [0.4, 0.5) is 0 Å². The molecule has 4 nitrogen and oxygen atoms in total. The van der Waals surface area contributed by atoms with Gasteiger partial charge < -0.3 is 5.32 Å². The molecular formula is C27H35N3O. The molecule has 1 heterocycles. The zero-order chi connectivity index (χ0) is 21.0. The molecule has 4 fully saturated rings. The lowest BCUT2D eigenvalue weighted by Crippen LogP contribution is -2.55. The highest BCUT2D eigenvalue weighted by Crippen LogP contribution is 2.61. The van der Waals surface area contributed by atoms with Crippen LogP contribution in [0.5, 0.6) is 0 Å². The molecule has 7 rings (SSSR count). The van der Waals surface area contributed by atoms with Gasteiger partial charge >= 0.3 is 0 Å². The first-order chi connectivity index (χ1) is 15.1. The van der Waals surface area contributed by atoms with Crippen LogP contribution in [0.3, 0.4) is 0 Å². The molecule has 1 amide bonds. The maximum absolute atomic E-state index is 13.5. The molecule has 0 saturated heterocycles. The number of fused-ring (bicyclic) bond motifs is 1. The van der Waals surface area contributed by atoms with E-state index in [2.05, 4.69) is 41.2 Å². The first-order valence-corrected chi connectivity index (χ1v) is 12.5. The highest BCUT2D eigenvalue weighted by atomic mass is 16.2. The van der Waals surface area contributed by atoms with Crippen molar-refractivity contribution in [3.05, 3.63) is 52.8 Å². The Morgan fingerprint density at radius 2 is 1.71 bits per heavy atom. The molecule has 0 spiro atoms. The normalized spacial score (nSPS) is 32.0. The summed E-state index contributed by atoms with van der Waals surface area (Å²) in [5, 5.41) is 8.36. The lowest BCUT2D eigenvalue weighted by atomic mass is 9.48. The van der Waals surface area contributed by atoms with Crippen LogP contribution in [0.15, 0.2) is 30.3 Å². The molecule has 4 saturated carbocycles. The van der Waals surface area contributed by atoms with Gasteiger partial charge in [0.25, 0.3) is 5.91 Å². The van der Waals surface area contributed by atoms with Crippen LogP contribution in [-0.4, -0.2) is 21.7 Å². The number of carbonyl (C=O) groups excluding carboxylic acids is 1. The van der Waals surface area contributed by atoms with Gasteiger partial charge in [0.15, 0.2) is 5.69 Å². The van der Waals surface area contributed by atoms with Crippen LogP contribution in [0.25, 0.3) is 0 Å². The Kier molecular flexibility index (Phi) is 4.73. The molecule has 4 heteroatoms. The molecule has 1 aromatic carbocycles. The summed E-state index contributed by atoms with van der Waals surface area (Å²) in [6.45, 7) is 3.03. The zero-order valence-electron chi connectivity index (χ0n) is 18.8. The molecular weight excluding hydrogens is 382 g/mol. The number of hydrogen-bond acceptors (Lipinski definition) is 2. The molecule has 0 aliphatic heterocycles. The van der Waals surface area contributed by atoms with E-state index < -0.39 is 0 Å². The van der Waals surface area contributed by atoms with Gasteiger partial charge in [-0.05, 0) is 99.9 Å². The monoisotopic (exact) mass is 417 g/mol. The predicted octanol–water partition coefficient (Wildman–Crippen LogP) is 5.14. The minimum atomic E-state index is 0.0632. The summed E-state index contributed by atoms with van der Waals surface area (Å²) < 4.78 is 2.11. The van der Waals surface area contributed by atoms with Gasteiger partial charge in [0.2, 0.25) is 0 Å². The molecule has 0 radical (unpaired) electrons. The molecule has 5 aliphatic rings. The lowest BCUT2D eigenvalue weighted by Gasteiger charge is -2.59. The molecule has 31 heavy (non-hydrogen) atoms. The van der Waals surface area contributed by atoms with Crippen molar-refractivity contribution in [2.24, 2.45) is 23.2 Å². The first kappa shape index (κ1) is 19.6. The summed E-state index contributed by atoms with van der Waals surface area (Å²) in [7, 11) is 0. The fourth-order valence-corrected chi connectivity index (χ4v) is 7.87. The topological polar surface area (TPSA) is 46.9 Å². The lowest BCUT2D eigenvalue weighted by molar-refractivity contribution is -0.0688. The van der Waals surface area contributed by atoms with Crippen molar-refractivity contribution in [2.45, 2.75) is 83.7 Å². The maximum atomic E-state index is 13.5. The van der Waals surface area contributed by atoms with E-state index in [0.29, 0.717) is 11.1 Å². The Morgan fingerprint density at radius 1 is 1.06 bits per heavy atom. The molecule has 2 aromatic rings. The third-order valence-electron chi connectivity index (χ3n) is 9.00. The standard InChI is InChI=1S/C27H35N3O/c1-18(27-14-20-11-21(15-27)13-22(12-20)16-27)28-26(31)25-23-9-5-6-10-24(23)30(29-25)17-19-7-3-2-4-8-19/h2-4,7-8,18,20-22H,5-6,9-17H2,1H3,(H,28,31). The highest BCUT2D eigenvalue weighted by Gasteiger charge is 2.53. The Bertz CT molecular complexity index is 941. The first-order valence-electron chi connectivity index (χ1n) is 12.5. The van der Waals surface area contributed by atoms with E-state index in [1.807, 2.05) is 6.07 Å². The molecule has 1 aromatic heterocycles. The van der Waals surface area contributed by atoms with Crippen molar-refractivity contribution >= 4 is 5.91 Å². The largest absolute Gasteiger partial charge is 0.348 e. The maximum Gasteiger partial charge on any atom is 0.272 e. The Hall–Kier alpha value is -2.10. The number of amides is 1. The summed E-state index contributed by atoms with van der Waals surface area (Å²) in [6.07, 6.45) is 12.7. The van der Waals surface area contributed by atoms with Crippen molar-refractivity contribution in [1.29, 1.82) is 0 Å². The van der Waals surface area contributed by atoms with E-state index in [-0.39, 0.29) is 11.9 Å². The van der Waals surface area contributed by atoms with Crippen LogP contribution >= 0.6 is 0 Å². The number of nitrogens with one attached hydrogen (secondary N) is 1. The van der Waals surface area contributed by atoms with Crippen LogP contribution < -0.4 is 5.32 Å². The van der Waals surface area contributed by atoms with Gasteiger partial charge in [-0.3, -0.25) is 9.48 Å². The van der Waals surface area contributed by atoms with E-state index in [1.165, 1.54) is 61.8 Å². The van der Waals surface area contributed by atoms with Crippen LogP contribution in [0, 0.1) is 23.2 Å². The Balaban J connectivity index is 1.24. The minimum absolute atomic E-state index is 0.0632. The second kappa shape index (κ2) is 7.50. The number of benzene rings is 1. The number of rotatable bonds is 5. The second-order valence-corrected chi connectivity index (χ2v) is 11.1. The third-order valence-corrected chi connectivity index (χ3v) is 9.00. The van der Waals surface area contributed by atoms with E-state index >= 15 is 0 Å². The van der Waals surface area contributed by atoms with Crippen LogP contribution in [0.1, 0.15) is 85.6 Å². The quantitative estimate of drug-likeness (QED) is 0.732. The summed E-state index contributed by atoms with van der Waals surface area (Å²) in [5.74, 6) is 2.78. The van der Waals surface area contributed by atoms with Crippen molar-refractivity contribution in [1.82, 2.24) is 15.1 Å². The van der Waals surface area contributed by atoms with E-state index in [1.54, 1.807) is 0 Å². The average molecular weight is 418 g/mol. The van der Waals surface area contributed by atoms with Gasteiger partial charge in [-0.2, -0.15) is 5.10 Å². The molecule has 1 unspecified atom stereocenters. The van der Waals surface area contributed by atoms with Gasteiger partial charge in [-0.15, -0.1) is 0 Å². The summed E-state index contributed by atoms with van der Waals surface area (Å²) in [4.78, 5) is 13.5. The highest BCUT2D eigenvalue weighted by molar-refractivity contribution is 5.94. The molecule has 5 aliphatic carbocycles. The second-order valence-electron chi connectivity index (χ2n) is 11.1. The average Bonchev–Trinajstić information content (AvgIpc) is 3.12. The van der Waals surface area contributed by atoms with Gasteiger partial charge in [-0.1, -0.05) is 30.3 Å². The van der Waals surface area contributed by atoms with E-state index in [9.17, 15) is 4.79 Å². The molecule has 164 valence electrons. The van der Waals surface area contributed by atoms with Crippen molar-refractivity contribution in [3.63, 3.8) is 0 Å². The number of nitrogens with zero attached hydrogens (tertiary/aromatic N) is 2. The van der Waals surface area contributed by atoms with Gasteiger partial charge in [0, 0.05) is 17.3 Å². The van der Waals surface area contributed by atoms with Gasteiger partial charge in [0.05, 0.1) is 6.54 Å². The minimum Gasteiger partial charge on any atom is -0.348 e. The fraction of sp³-hybridized carbons (Fsp3) is 0.630. The predicted molar refractivity (Wildman–Crippen MR) is 122 cm³/mol. The zero-order valence-corrected chi connectivity index (χ0v) is 18.8. The third kappa shape index (κ3) is 3.43. The number of carbonyl (C=O) groups is 1. The summed E-state index contributed by atoms with van der Waals surface area (Å²) in [5.41, 5.74) is 4.76. The van der Waals surface area contributed by atoms with Crippen LogP contribution in [0.2, 0.25) is 0 Å². The molecule has 1 atom stereocenters. The fourth-order valence-electron chi connectivity index (χ4n) is 7.87. The number of aromatic nitrogens is 2. The van der Waals surface area contributed by atoms with Crippen molar-refractivity contribution in [3.8, 4) is 0 Å². The SMILES string of the molecule is CC(NC(=O)c1nn(Cc2ccccc2)c2c1CCCC2)C12CC3CC(CC(C3)C1)C2. The Morgan fingerprint density at radius 3 is 2.39 bits per heavy atom. The Labute approximate surface area is 185 Å². The van der Waals surface area contributed by atoms with Crippen LogP contribution in [-0.2, 0) is 19.4 Å². The van der Waals surface area contributed by atoms with Crippen molar-refractivity contribution in [2.75, 3.05) is 0 Å². The molecule has 4 bridgehead atoms. The van der Waals surface area contributed by atoms with Crippen molar-refractivity contribution < 1.29 is 4.79 Å². The number of hydrogen-bond donors (Lipinski definition) is 1. The van der Waals surface area contributed by atoms with E-state index in [0.717, 1.165) is 43.6 Å². The molecule has 1 N–H and O–H groups in total. The van der Waals surface area contributed by atoms with Gasteiger partial charge in [0.1, 0.15) is 0 Å². The summed E-state index contributed by atoms with van der Waals surface area (Å²) in [6, 6.07) is 10.7.